The van der Waals surface area contributed by atoms with Crippen LogP contribution in [0.3, 0.4) is 0 Å². The molecule has 1 aromatic rings. The maximum Gasteiger partial charge on any atom is 0.270 e. The molecule has 2 rings (SSSR count). The third kappa shape index (κ3) is 3.01. The second kappa shape index (κ2) is 5.79. The van der Waals surface area contributed by atoms with Crippen LogP contribution in [0.15, 0.2) is 18.2 Å². The van der Waals surface area contributed by atoms with Crippen molar-refractivity contribution in [2.45, 2.75) is 13.0 Å². The van der Waals surface area contributed by atoms with Crippen LogP contribution in [0.5, 0.6) is 0 Å². The van der Waals surface area contributed by atoms with Crippen molar-refractivity contribution in [1.29, 1.82) is 0 Å². The average molecular weight is 301 g/mol. The van der Waals surface area contributed by atoms with Crippen molar-refractivity contribution in [3.8, 4) is 0 Å². The first-order valence-corrected chi connectivity index (χ1v) is 7.36. The van der Waals surface area contributed by atoms with Crippen molar-refractivity contribution < 1.29 is 9.72 Å². The highest BCUT2D eigenvalue weighted by Gasteiger charge is 2.27. The summed E-state index contributed by atoms with van der Waals surface area (Å²) in [5, 5.41) is 11.0. The molecule has 102 valence electrons. The second-order valence-electron chi connectivity index (χ2n) is 4.34. The van der Waals surface area contributed by atoms with Gasteiger partial charge < -0.3 is 4.90 Å². The van der Waals surface area contributed by atoms with Gasteiger partial charge in [0.15, 0.2) is 0 Å². The average Bonchev–Trinajstić information content (AvgIpc) is 2.38. The number of hydrogen-bond donors (Lipinski definition) is 0. The Hall–Kier alpha value is -1.27. The SMILES string of the molecule is CC1CSCCN1C(=O)c1cc([N+](=O)[O-])ccc1Cl. The summed E-state index contributed by atoms with van der Waals surface area (Å²) in [6.45, 7) is 2.61. The van der Waals surface area contributed by atoms with Crippen LogP contribution in [0.1, 0.15) is 17.3 Å². The van der Waals surface area contributed by atoms with E-state index in [1.54, 1.807) is 16.7 Å². The molecule has 19 heavy (non-hydrogen) atoms. The lowest BCUT2D eigenvalue weighted by Gasteiger charge is -2.33. The van der Waals surface area contributed by atoms with E-state index in [9.17, 15) is 14.9 Å². The number of non-ortho nitro benzene ring substituents is 1. The molecule has 0 aliphatic carbocycles. The molecule has 1 amide bonds. The molecule has 0 radical (unpaired) electrons. The fourth-order valence-electron chi connectivity index (χ4n) is 1.97. The number of benzene rings is 1. The van der Waals surface area contributed by atoms with Crippen LogP contribution in [-0.2, 0) is 0 Å². The number of thioether (sulfide) groups is 1. The zero-order chi connectivity index (χ0) is 14.0. The van der Waals surface area contributed by atoms with E-state index in [1.807, 2.05) is 6.92 Å². The van der Waals surface area contributed by atoms with Crippen molar-refractivity contribution in [3.05, 3.63) is 38.9 Å². The molecule has 1 aliphatic rings. The fourth-order valence-corrected chi connectivity index (χ4v) is 3.19. The van der Waals surface area contributed by atoms with Gasteiger partial charge >= 0.3 is 0 Å². The highest BCUT2D eigenvalue weighted by molar-refractivity contribution is 7.99. The number of hydrogen-bond acceptors (Lipinski definition) is 4. The zero-order valence-corrected chi connectivity index (χ0v) is 11.9. The third-order valence-electron chi connectivity index (χ3n) is 3.02. The van der Waals surface area contributed by atoms with Crippen LogP contribution in [0, 0.1) is 10.1 Å². The van der Waals surface area contributed by atoms with E-state index in [4.69, 9.17) is 11.6 Å². The highest BCUT2D eigenvalue weighted by Crippen LogP contribution is 2.26. The molecule has 0 aromatic heterocycles. The summed E-state index contributed by atoms with van der Waals surface area (Å²) < 4.78 is 0. The molecule has 0 N–H and O–H groups in total. The number of carbonyl (C=O) groups excluding carboxylic acids is 1. The summed E-state index contributed by atoms with van der Waals surface area (Å²) in [5.74, 6) is 1.52. The van der Waals surface area contributed by atoms with Gasteiger partial charge in [-0.05, 0) is 13.0 Å². The lowest BCUT2D eigenvalue weighted by molar-refractivity contribution is -0.384. The Bertz CT molecular complexity index is 524. The Labute approximate surface area is 120 Å². The summed E-state index contributed by atoms with van der Waals surface area (Å²) in [6, 6.07) is 4.06. The summed E-state index contributed by atoms with van der Waals surface area (Å²) in [4.78, 5) is 24.4. The van der Waals surface area contributed by atoms with Crippen molar-refractivity contribution >= 4 is 35.0 Å². The molecular weight excluding hydrogens is 288 g/mol. The highest BCUT2D eigenvalue weighted by atomic mass is 35.5. The molecule has 1 aliphatic heterocycles. The maximum absolute atomic E-state index is 12.4. The minimum Gasteiger partial charge on any atom is -0.334 e. The van der Waals surface area contributed by atoms with Crippen LogP contribution in [0.4, 0.5) is 5.69 Å². The second-order valence-corrected chi connectivity index (χ2v) is 5.90. The minimum atomic E-state index is -0.525. The molecule has 5 nitrogen and oxygen atoms in total. The van der Waals surface area contributed by atoms with Crippen molar-refractivity contribution in [3.63, 3.8) is 0 Å². The van der Waals surface area contributed by atoms with Gasteiger partial charge in [0.1, 0.15) is 0 Å². The van der Waals surface area contributed by atoms with Crippen molar-refractivity contribution in [2.75, 3.05) is 18.1 Å². The maximum atomic E-state index is 12.4. The van der Waals surface area contributed by atoms with Gasteiger partial charge in [0.2, 0.25) is 0 Å². The molecule has 1 saturated heterocycles. The van der Waals surface area contributed by atoms with Gasteiger partial charge in [-0.1, -0.05) is 11.6 Å². The van der Waals surface area contributed by atoms with Crippen LogP contribution < -0.4 is 0 Å². The van der Waals surface area contributed by atoms with Crippen molar-refractivity contribution in [2.24, 2.45) is 0 Å². The fraction of sp³-hybridized carbons (Fsp3) is 0.417. The van der Waals surface area contributed by atoms with Gasteiger partial charge in [0, 0.05) is 36.2 Å². The van der Waals surface area contributed by atoms with Crippen LogP contribution >= 0.6 is 23.4 Å². The summed E-state index contributed by atoms with van der Waals surface area (Å²) in [5.41, 5.74) is 0.0846. The van der Waals surface area contributed by atoms with E-state index in [1.165, 1.54) is 18.2 Å². The number of halogens is 1. The Morgan fingerprint density at radius 1 is 1.58 bits per heavy atom. The van der Waals surface area contributed by atoms with E-state index in [-0.39, 0.29) is 28.2 Å². The molecule has 0 bridgehead atoms. The topological polar surface area (TPSA) is 63.5 Å². The smallest absolute Gasteiger partial charge is 0.270 e. The van der Waals surface area contributed by atoms with Crippen LogP contribution in [0.25, 0.3) is 0 Å². The van der Waals surface area contributed by atoms with E-state index < -0.39 is 4.92 Å². The predicted molar refractivity (Wildman–Crippen MR) is 75.9 cm³/mol. The lowest BCUT2D eigenvalue weighted by Crippen LogP contribution is -2.44. The quantitative estimate of drug-likeness (QED) is 0.622. The Balaban J connectivity index is 2.32. The van der Waals surface area contributed by atoms with Gasteiger partial charge in [-0.25, -0.2) is 0 Å². The molecule has 0 saturated carbocycles. The Morgan fingerprint density at radius 3 is 2.95 bits per heavy atom. The third-order valence-corrected chi connectivity index (χ3v) is 4.54. The van der Waals surface area contributed by atoms with Gasteiger partial charge in [0.25, 0.3) is 11.6 Å². The predicted octanol–water partition coefficient (Wildman–Crippen LogP) is 2.83. The first-order chi connectivity index (χ1) is 9.00. The Morgan fingerprint density at radius 2 is 2.32 bits per heavy atom. The number of nitro groups is 1. The van der Waals surface area contributed by atoms with E-state index in [2.05, 4.69) is 0 Å². The minimum absolute atomic E-state index is 0.113. The standard InChI is InChI=1S/C12H13ClN2O3S/c1-8-7-19-5-4-14(8)12(16)10-6-9(15(17)18)2-3-11(10)13/h2-3,6,8H,4-5,7H2,1H3. The lowest BCUT2D eigenvalue weighted by atomic mass is 10.1. The number of nitro benzene ring substituents is 1. The van der Waals surface area contributed by atoms with Crippen LogP contribution in [-0.4, -0.2) is 39.8 Å². The molecule has 0 spiro atoms. The van der Waals surface area contributed by atoms with E-state index in [0.29, 0.717) is 6.54 Å². The van der Waals surface area contributed by atoms with Crippen molar-refractivity contribution in [1.82, 2.24) is 4.90 Å². The number of rotatable bonds is 2. The van der Waals surface area contributed by atoms with Gasteiger partial charge in [0.05, 0.1) is 15.5 Å². The summed E-state index contributed by atoms with van der Waals surface area (Å²) >= 11 is 7.78. The first kappa shape index (κ1) is 14.1. The normalized spacial score (nSPS) is 19.3. The molecule has 1 unspecified atom stereocenters. The molecule has 1 aromatic carbocycles. The van der Waals surface area contributed by atoms with Crippen LogP contribution in [0.2, 0.25) is 5.02 Å². The number of carbonyl (C=O) groups is 1. The molecule has 7 heteroatoms. The van der Waals surface area contributed by atoms with Gasteiger partial charge in [-0.2, -0.15) is 11.8 Å². The zero-order valence-electron chi connectivity index (χ0n) is 10.3. The summed E-state index contributed by atoms with van der Waals surface area (Å²) in [6.07, 6.45) is 0. The molecule has 1 heterocycles. The molecular formula is C12H13ClN2O3S. The largest absolute Gasteiger partial charge is 0.334 e. The molecule has 1 fully saturated rings. The summed E-state index contributed by atoms with van der Waals surface area (Å²) in [7, 11) is 0. The van der Waals surface area contributed by atoms with Gasteiger partial charge in [-0.15, -0.1) is 0 Å². The first-order valence-electron chi connectivity index (χ1n) is 5.83. The van der Waals surface area contributed by atoms with E-state index >= 15 is 0 Å². The Kier molecular flexibility index (Phi) is 4.31. The van der Waals surface area contributed by atoms with Gasteiger partial charge in [-0.3, -0.25) is 14.9 Å². The number of nitrogens with zero attached hydrogens (tertiary/aromatic N) is 2. The molecule has 1 atom stereocenters. The number of amides is 1. The van der Waals surface area contributed by atoms with E-state index in [0.717, 1.165) is 11.5 Å². The monoisotopic (exact) mass is 300 g/mol.